The lowest BCUT2D eigenvalue weighted by Gasteiger charge is -2.27. The predicted molar refractivity (Wildman–Crippen MR) is 134 cm³/mol. The molecule has 0 unspecified atom stereocenters. The Morgan fingerprint density at radius 2 is 1.75 bits per heavy atom. The van der Waals surface area contributed by atoms with Gasteiger partial charge < -0.3 is 19.7 Å². The Bertz CT molecular complexity index is 1200. The second kappa shape index (κ2) is 11.4. The van der Waals surface area contributed by atoms with Crippen molar-refractivity contribution in [1.29, 1.82) is 0 Å². The third-order valence-electron chi connectivity index (χ3n) is 5.80. The molecular weight excluding hydrogens is 486 g/mol. The number of esters is 1. The van der Waals surface area contributed by atoms with Crippen molar-refractivity contribution in [2.45, 2.75) is 19.8 Å². The number of anilines is 2. The van der Waals surface area contributed by atoms with Crippen molar-refractivity contribution in [3.8, 4) is 0 Å². The van der Waals surface area contributed by atoms with E-state index in [0.717, 1.165) is 17.7 Å². The maximum atomic E-state index is 13.1. The van der Waals surface area contributed by atoms with Gasteiger partial charge in [-0.05, 0) is 48.9 Å². The third kappa shape index (κ3) is 5.42. The zero-order valence-electron chi connectivity index (χ0n) is 19.8. The summed E-state index contributed by atoms with van der Waals surface area (Å²) in [7, 11) is 0. The molecule has 9 nitrogen and oxygen atoms in total. The molecule has 0 bridgehead atoms. The van der Waals surface area contributed by atoms with Crippen LogP contribution in [0.15, 0.2) is 59.3 Å². The van der Waals surface area contributed by atoms with Crippen LogP contribution in [0.3, 0.4) is 0 Å². The van der Waals surface area contributed by atoms with E-state index >= 15 is 0 Å². The summed E-state index contributed by atoms with van der Waals surface area (Å²) in [5.74, 6) is -1.96. The number of hydrogen-bond acceptors (Lipinski definition) is 7. The Kier molecular flexibility index (Phi) is 8.02. The number of carbonyl (C=O) groups is 4. The lowest BCUT2D eigenvalue weighted by Crippen LogP contribution is -2.40. The van der Waals surface area contributed by atoms with Crippen LogP contribution in [-0.2, 0) is 19.1 Å². The number of hydrogen-bond donors (Lipinski definition) is 1. The lowest BCUT2D eigenvalue weighted by atomic mass is 10.1. The summed E-state index contributed by atoms with van der Waals surface area (Å²) in [5.41, 5.74) is 1.36. The zero-order valence-corrected chi connectivity index (χ0v) is 20.5. The van der Waals surface area contributed by atoms with Gasteiger partial charge in [0, 0.05) is 24.3 Å². The maximum Gasteiger partial charge on any atom is 0.338 e. The van der Waals surface area contributed by atoms with Crippen LogP contribution in [0.1, 0.15) is 40.5 Å². The highest BCUT2D eigenvalue weighted by Crippen LogP contribution is 2.30. The number of benzene rings is 2. The highest BCUT2D eigenvalue weighted by molar-refractivity contribution is 6.53. The molecule has 0 radical (unpaired) electrons. The normalized spacial score (nSPS) is 15.9. The van der Waals surface area contributed by atoms with Crippen LogP contribution < -0.4 is 10.2 Å². The van der Waals surface area contributed by atoms with Crippen molar-refractivity contribution in [3.05, 3.63) is 70.4 Å². The van der Waals surface area contributed by atoms with Gasteiger partial charge in [0.15, 0.2) is 0 Å². The second-order valence-electron chi connectivity index (χ2n) is 8.28. The molecule has 0 aliphatic carbocycles. The van der Waals surface area contributed by atoms with Gasteiger partial charge in [-0.3, -0.25) is 14.4 Å². The fourth-order valence-corrected chi connectivity index (χ4v) is 4.02. The van der Waals surface area contributed by atoms with Crippen LogP contribution in [0.2, 0.25) is 0 Å². The first-order valence-electron chi connectivity index (χ1n) is 11.7. The van der Waals surface area contributed by atoms with Gasteiger partial charge in [-0.1, -0.05) is 31.0 Å². The van der Waals surface area contributed by atoms with Crippen molar-refractivity contribution in [2.75, 3.05) is 43.1 Å². The molecule has 36 heavy (non-hydrogen) atoms. The summed E-state index contributed by atoms with van der Waals surface area (Å²) in [6, 6.07) is 12.6. The Labute approximate surface area is 213 Å². The highest BCUT2D eigenvalue weighted by Gasteiger charge is 2.39. The van der Waals surface area contributed by atoms with E-state index in [1.165, 1.54) is 24.3 Å². The van der Waals surface area contributed by atoms with Crippen molar-refractivity contribution < 1.29 is 28.7 Å². The quantitative estimate of drug-likeness (QED) is 0.328. The Morgan fingerprint density at radius 3 is 2.44 bits per heavy atom. The van der Waals surface area contributed by atoms with Gasteiger partial charge in [0.2, 0.25) is 0 Å². The average Bonchev–Trinajstić information content (AvgIpc) is 3.12. The van der Waals surface area contributed by atoms with Gasteiger partial charge >= 0.3 is 5.97 Å². The van der Waals surface area contributed by atoms with E-state index in [0.29, 0.717) is 49.7 Å². The highest BCUT2D eigenvalue weighted by atomic mass is 35.5. The second-order valence-corrected chi connectivity index (χ2v) is 8.66. The predicted octanol–water partition coefficient (Wildman–Crippen LogP) is 3.55. The van der Waals surface area contributed by atoms with Crippen molar-refractivity contribution in [2.24, 2.45) is 0 Å². The van der Waals surface area contributed by atoms with Crippen molar-refractivity contribution in [1.82, 2.24) is 4.90 Å². The minimum atomic E-state index is -0.692. The summed E-state index contributed by atoms with van der Waals surface area (Å²) in [6.07, 6.45) is 1.68. The summed E-state index contributed by atoms with van der Waals surface area (Å²) in [6.45, 7) is 4.30. The molecule has 2 heterocycles. The van der Waals surface area contributed by atoms with Crippen molar-refractivity contribution in [3.63, 3.8) is 0 Å². The number of carbonyl (C=O) groups excluding carboxylic acids is 4. The molecule has 1 N–H and O–H groups in total. The first-order valence-corrected chi connectivity index (χ1v) is 12.1. The van der Waals surface area contributed by atoms with E-state index < -0.39 is 17.8 Å². The van der Waals surface area contributed by atoms with Crippen LogP contribution >= 0.6 is 11.6 Å². The molecule has 4 rings (SSSR count). The molecule has 3 amide bonds. The van der Waals surface area contributed by atoms with Gasteiger partial charge in [0.1, 0.15) is 10.7 Å². The molecular formula is C26H26ClN3O6. The number of nitrogens with one attached hydrogen (secondary N) is 1. The van der Waals surface area contributed by atoms with E-state index in [-0.39, 0.29) is 22.3 Å². The first kappa shape index (κ1) is 25.4. The molecule has 1 saturated heterocycles. The standard InChI is InChI=1S/C26H26ClN3O6/c1-2-3-13-36-26(34)17-7-9-20(10-8-17)30-24(32)21(27)22(25(30)33)28-19-6-4-5-18(16-19)23(31)29-11-14-35-15-12-29/h4-10,16,28H,2-3,11-15H2,1H3. The van der Waals surface area contributed by atoms with E-state index in [9.17, 15) is 19.2 Å². The molecule has 0 saturated carbocycles. The number of ether oxygens (including phenoxy) is 2. The monoisotopic (exact) mass is 511 g/mol. The van der Waals surface area contributed by atoms with Gasteiger partial charge in [-0.2, -0.15) is 0 Å². The third-order valence-corrected chi connectivity index (χ3v) is 6.15. The number of rotatable bonds is 8. The molecule has 2 aromatic carbocycles. The summed E-state index contributed by atoms with van der Waals surface area (Å²) in [4.78, 5) is 53.5. The van der Waals surface area contributed by atoms with E-state index in [1.807, 2.05) is 6.92 Å². The number of unbranched alkanes of at least 4 members (excludes halogenated alkanes) is 1. The smallest absolute Gasteiger partial charge is 0.338 e. The molecule has 2 aromatic rings. The zero-order chi connectivity index (χ0) is 25.7. The number of morpholine rings is 1. The summed E-state index contributed by atoms with van der Waals surface area (Å²) < 4.78 is 10.5. The van der Waals surface area contributed by atoms with E-state index in [2.05, 4.69) is 5.32 Å². The van der Waals surface area contributed by atoms with Crippen LogP contribution in [0.5, 0.6) is 0 Å². The molecule has 10 heteroatoms. The molecule has 2 aliphatic heterocycles. The molecule has 1 fully saturated rings. The topological polar surface area (TPSA) is 105 Å². The summed E-state index contributed by atoms with van der Waals surface area (Å²) in [5, 5.41) is 2.62. The van der Waals surface area contributed by atoms with Gasteiger partial charge in [-0.25, -0.2) is 9.69 Å². The lowest BCUT2D eigenvalue weighted by molar-refractivity contribution is -0.120. The number of nitrogens with zero attached hydrogens (tertiary/aromatic N) is 2. The van der Waals surface area contributed by atoms with Crippen molar-refractivity contribution >= 4 is 46.7 Å². The van der Waals surface area contributed by atoms with E-state index in [1.54, 1.807) is 29.2 Å². The van der Waals surface area contributed by atoms with Gasteiger partial charge in [0.25, 0.3) is 17.7 Å². The molecule has 2 aliphatic rings. The molecule has 188 valence electrons. The Hall–Kier alpha value is -3.69. The van der Waals surface area contributed by atoms with Crippen LogP contribution in [0, 0.1) is 0 Å². The SMILES string of the molecule is CCCCOC(=O)c1ccc(N2C(=O)C(Cl)=C(Nc3cccc(C(=O)N4CCOCC4)c3)C2=O)cc1. The maximum absolute atomic E-state index is 13.1. The average molecular weight is 512 g/mol. The first-order chi connectivity index (χ1) is 17.4. The number of amides is 3. The van der Waals surface area contributed by atoms with Crippen LogP contribution in [0.25, 0.3) is 0 Å². The fraction of sp³-hybridized carbons (Fsp3) is 0.308. The largest absolute Gasteiger partial charge is 0.462 e. The molecule has 0 atom stereocenters. The molecule has 0 aromatic heterocycles. The Morgan fingerprint density at radius 1 is 1.03 bits per heavy atom. The Balaban J connectivity index is 1.47. The molecule has 0 spiro atoms. The van der Waals surface area contributed by atoms with E-state index in [4.69, 9.17) is 21.1 Å². The number of imide groups is 1. The van der Waals surface area contributed by atoms with Crippen LogP contribution in [-0.4, -0.2) is 61.5 Å². The minimum Gasteiger partial charge on any atom is -0.462 e. The van der Waals surface area contributed by atoms with Crippen LogP contribution in [0.4, 0.5) is 11.4 Å². The van der Waals surface area contributed by atoms with Gasteiger partial charge in [0.05, 0.1) is 31.1 Å². The number of halogens is 1. The van der Waals surface area contributed by atoms with Gasteiger partial charge in [-0.15, -0.1) is 0 Å². The minimum absolute atomic E-state index is 0.0966. The fourth-order valence-electron chi connectivity index (χ4n) is 3.81. The summed E-state index contributed by atoms with van der Waals surface area (Å²) >= 11 is 6.24.